The summed E-state index contributed by atoms with van der Waals surface area (Å²) in [5.41, 5.74) is 1.14. The number of nitrogens with zero attached hydrogens (tertiary/aromatic N) is 2. The van der Waals surface area contributed by atoms with E-state index in [1.165, 1.54) is 0 Å². The summed E-state index contributed by atoms with van der Waals surface area (Å²) in [7, 11) is 1.90. The van der Waals surface area contributed by atoms with Crippen molar-refractivity contribution in [2.24, 2.45) is 0 Å². The standard InChI is InChI=1S/C12H16N2O/c1-14(9-8-13)12(7-10-15)11-5-3-2-4-6-11/h2-6,12,15H,7,9-10H2,1H3/t12-/m1/s1. The molecule has 0 radical (unpaired) electrons. The molecule has 3 nitrogen and oxygen atoms in total. The van der Waals surface area contributed by atoms with Crippen LogP contribution in [0.3, 0.4) is 0 Å². The molecule has 1 aromatic rings. The zero-order chi connectivity index (χ0) is 11.1. The number of benzene rings is 1. The first kappa shape index (κ1) is 11.7. The quantitative estimate of drug-likeness (QED) is 0.740. The Hall–Kier alpha value is -1.37. The van der Waals surface area contributed by atoms with E-state index in [1.807, 2.05) is 42.3 Å². The number of rotatable bonds is 5. The molecule has 0 aliphatic heterocycles. The van der Waals surface area contributed by atoms with Crippen molar-refractivity contribution in [3.63, 3.8) is 0 Å². The van der Waals surface area contributed by atoms with Crippen molar-refractivity contribution in [3.05, 3.63) is 35.9 Å². The molecular weight excluding hydrogens is 188 g/mol. The van der Waals surface area contributed by atoms with E-state index in [9.17, 15) is 0 Å². The first-order valence-corrected chi connectivity index (χ1v) is 5.02. The van der Waals surface area contributed by atoms with Crippen molar-refractivity contribution in [2.75, 3.05) is 20.2 Å². The van der Waals surface area contributed by atoms with Crippen molar-refractivity contribution in [2.45, 2.75) is 12.5 Å². The van der Waals surface area contributed by atoms with E-state index in [4.69, 9.17) is 10.4 Å². The van der Waals surface area contributed by atoms with Gasteiger partial charge in [-0.15, -0.1) is 0 Å². The molecule has 0 amide bonds. The van der Waals surface area contributed by atoms with E-state index in [1.54, 1.807) is 0 Å². The third-order valence-corrected chi connectivity index (χ3v) is 2.44. The lowest BCUT2D eigenvalue weighted by atomic mass is 10.0. The van der Waals surface area contributed by atoms with Crippen molar-refractivity contribution >= 4 is 0 Å². The fourth-order valence-electron chi connectivity index (χ4n) is 1.66. The van der Waals surface area contributed by atoms with E-state index < -0.39 is 0 Å². The minimum atomic E-state index is 0.121. The molecule has 0 aliphatic carbocycles. The van der Waals surface area contributed by atoms with Gasteiger partial charge in [0, 0.05) is 12.6 Å². The molecule has 1 aromatic carbocycles. The number of nitriles is 1. The summed E-state index contributed by atoms with van der Waals surface area (Å²) in [6.45, 7) is 0.509. The summed E-state index contributed by atoms with van der Waals surface area (Å²) in [4.78, 5) is 1.95. The molecule has 0 aliphatic rings. The van der Waals surface area contributed by atoms with Crippen molar-refractivity contribution < 1.29 is 5.11 Å². The van der Waals surface area contributed by atoms with Crippen LogP contribution in [0.4, 0.5) is 0 Å². The minimum absolute atomic E-state index is 0.121. The van der Waals surface area contributed by atoms with Gasteiger partial charge in [0.15, 0.2) is 0 Å². The van der Waals surface area contributed by atoms with Crippen LogP contribution in [0.2, 0.25) is 0 Å². The molecular formula is C12H16N2O. The van der Waals surface area contributed by atoms with Crippen molar-refractivity contribution in [1.82, 2.24) is 4.90 Å². The second kappa shape index (κ2) is 6.18. The predicted molar refractivity (Wildman–Crippen MR) is 59.1 cm³/mol. The topological polar surface area (TPSA) is 47.3 Å². The van der Waals surface area contributed by atoms with Crippen LogP contribution in [0.5, 0.6) is 0 Å². The first-order chi connectivity index (χ1) is 7.29. The fourth-order valence-corrected chi connectivity index (χ4v) is 1.66. The second-order valence-corrected chi connectivity index (χ2v) is 3.51. The van der Waals surface area contributed by atoms with Gasteiger partial charge in [-0.05, 0) is 19.0 Å². The van der Waals surface area contributed by atoms with Crippen LogP contribution in [0, 0.1) is 11.3 Å². The van der Waals surface area contributed by atoms with Crippen LogP contribution in [-0.2, 0) is 0 Å². The van der Waals surface area contributed by atoms with Gasteiger partial charge < -0.3 is 5.11 Å². The van der Waals surface area contributed by atoms with Crippen LogP contribution >= 0.6 is 0 Å². The maximum Gasteiger partial charge on any atom is 0.0868 e. The van der Waals surface area contributed by atoms with Crippen LogP contribution in [0.1, 0.15) is 18.0 Å². The zero-order valence-electron chi connectivity index (χ0n) is 8.93. The zero-order valence-corrected chi connectivity index (χ0v) is 8.93. The highest BCUT2D eigenvalue weighted by molar-refractivity contribution is 5.19. The molecule has 0 aromatic heterocycles. The predicted octanol–water partition coefficient (Wildman–Crippen LogP) is 1.57. The highest BCUT2D eigenvalue weighted by Crippen LogP contribution is 2.21. The summed E-state index contributed by atoms with van der Waals surface area (Å²) < 4.78 is 0. The minimum Gasteiger partial charge on any atom is -0.396 e. The van der Waals surface area contributed by atoms with Gasteiger partial charge in [0.2, 0.25) is 0 Å². The Morgan fingerprint density at radius 3 is 2.60 bits per heavy atom. The van der Waals surface area contributed by atoms with Crippen LogP contribution in [-0.4, -0.2) is 30.2 Å². The molecule has 1 atom stereocenters. The largest absolute Gasteiger partial charge is 0.396 e. The molecule has 0 heterocycles. The summed E-state index contributed by atoms with van der Waals surface area (Å²) in [6.07, 6.45) is 0.655. The van der Waals surface area contributed by atoms with Gasteiger partial charge >= 0.3 is 0 Å². The van der Waals surface area contributed by atoms with Gasteiger partial charge in [-0.2, -0.15) is 5.26 Å². The van der Waals surface area contributed by atoms with Gasteiger partial charge in [0.05, 0.1) is 12.6 Å². The average molecular weight is 204 g/mol. The lowest BCUT2D eigenvalue weighted by Crippen LogP contribution is -2.25. The van der Waals surface area contributed by atoms with Crippen LogP contribution in [0.25, 0.3) is 0 Å². The van der Waals surface area contributed by atoms with Gasteiger partial charge in [-0.3, -0.25) is 4.90 Å². The highest BCUT2D eigenvalue weighted by atomic mass is 16.3. The number of aliphatic hydroxyl groups is 1. The average Bonchev–Trinajstić information content (AvgIpc) is 2.27. The molecule has 0 spiro atoms. The lowest BCUT2D eigenvalue weighted by molar-refractivity contribution is 0.199. The van der Waals surface area contributed by atoms with Crippen LogP contribution < -0.4 is 0 Å². The number of aliphatic hydroxyl groups excluding tert-OH is 1. The fraction of sp³-hybridized carbons (Fsp3) is 0.417. The Morgan fingerprint density at radius 1 is 1.40 bits per heavy atom. The second-order valence-electron chi connectivity index (χ2n) is 3.51. The molecule has 1 rings (SSSR count). The Kier molecular flexibility index (Phi) is 4.82. The Morgan fingerprint density at radius 2 is 2.07 bits per heavy atom. The van der Waals surface area contributed by atoms with Crippen molar-refractivity contribution in [1.29, 1.82) is 5.26 Å². The van der Waals surface area contributed by atoms with E-state index in [0.717, 1.165) is 5.56 Å². The molecule has 3 heteroatoms. The number of hydrogen-bond acceptors (Lipinski definition) is 3. The molecule has 0 saturated carbocycles. The molecule has 80 valence electrons. The Labute approximate surface area is 90.6 Å². The Balaban J connectivity index is 2.79. The van der Waals surface area contributed by atoms with Gasteiger partial charge in [0.1, 0.15) is 0 Å². The van der Waals surface area contributed by atoms with Crippen LogP contribution in [0.15, 0.2) is 30.3 Å². The van der Waals surface area contributed by atoms with E-state index in [-0.39, 0.29) is 12.6 Å². The third-order valence-electron chi connectivity index (χ3n) is 2.44. The molecule has 0 unspecified atom stereocenters. The molecule has 0 saturated heterocycles. The molecule has 1 N–H and O–H groups in total. The van der Waals surface area contributed by atoms with Gasteiger partial charge in [-0.25, -0.2) is 0 Å². The van der Waals surface area contributed by atoms with Gasteiger partial charge in [0.25, 0.3) is 0 Å². The highest BCUT2D eigenvalue weighted by Gasteiger charge is 2.15. The summed E-state index contributed by atoms with van der Waals surface area (Å²) in [5, 5.41) is 17.7. The monoisotopic (exact) mass is 204 g/mol. The normalized spacial score (nSPS) is 12.4. The third kappa shape index (κ3) is 3.35. The maximum absolute atomic E-state index is 9.01. The van der Waals surface area contributed by atoms with Gasteiger partial charge in [-0.1, -0.05) is 30.3 Å². The van der Waals surface area contributed by atoms with E-state index >= 15 is 0 Å². The molecule has 0 bridgehead atoms. The maximum atomic E-state index is 9.01. The van der Waals surface area contributed by atoms with Crippen molar-refractivity contribution in [3.8, 4) is 6.07 Å². The summed E-state index contributed by atoms with van der Waals surface area (Å²) in [6, 6.07) is 12.2. The van der Waals surface area contributed by atoms with E-state index in [0.29, 0.717) is 13.0 Å². The Bertz CT molecular complexity index is 318. The molecule has 0 fully saturated rings. The molecule has 15 heavy (non-hydrogen) atoms. The first-order valence-electron chi connectivity index (χ1n) is 5.02. The number of hydrogen-bond donors (Lipinski definition) is 1. The SMILES string of the molecule is CN(CC#N)[C@H](CCO)c1ccccc1. The smallest absolute Gasteiger partial charge is 0.0868 e. The van der Waals surface area contributed by atoms with E-state index in [2.05, 4.69) is 6.07 Å². The summed E-state index contributed by atoms with van der Waals surface area (Å²) >= 11 is 0. The lowest BCUT2D eigenvalue weighted by Gasteiger charge is -2.25. The summed E-state index contributed by atoms with van der Waals surface area (Å²) in [5.74, 6) is 0.